The zero-order valence-electron chi connectivity index (χ0n) is 16.0. The first kappa shape index (κ1) is 19.7. The quantitative estimate of drug-likeness (QED) is 0.804. The van der Waals surface area contributed by atoms with Crippen LogP contribution in [0.3, 0.4) is 0 Å². The number of hydroxylamine groups is 2. The van der Waals surface area contributed by atoms with E-state index in [9.17, 15) is 9.90 Å². The molecule has 0 aromatic heterocycles. The Kier molecular flexibility index (Phi) is 6.12. The first-order valence-corrected chi connectivity index (χ1v) is 8.98. The van der Waals surface area contributed by atoms with E-state index in [4.69, 9.17) is 9.57 Å². The van der Waals surface area contributed by atoms with Crippen LogP contribution in [0.2, 0.25) is 0 Å². The van der Waals surface area contributed by atoms with Crippen molar-refractivity contribution in [1.29, 1.82) is 0 Å². The number of methoxy groups -OCH3 is 1. The fourth-order valence-electron chi connectivity index (χ4n) is 3.70. The summed E-state index contributed by atoms with van der Waals surface area (Å²) in [5.74, 6) is -0.114. The number of benzene rings is 1. The molecule has 1 N–H and O–H groups in total. The highest BCUT2D eigenvalue weighted by atomic mass is 16.7. The van der Waals surface area contributed by atoms with Gasteiger partial charge in [-0.15, -0.1) is 0 Å². The molecule has 25 heavy (non-hydrogen) atoms. The van der Waals surface area contributed by atoms with E-state index < -0.39 is 12.1 Å². The molecule has 0 radical (unpaired) electrons. The third-order valence-electron chi connectivity index (χ3n) is 5.04. The van der Waals surface area contributed by atoms with Crippen LogP contribution in [0.1, 0.15) is 58.9 Å². The van der Waals surface area contributed by atoms with Crippen molar-refractivity contribution in [2.45, 2.75) is 77.0 Å². The predicted octanol–water partition coefficient (Wildman–Crippen LogP) is 4.06. The number of piperidine rings is 1. The number of nitrogens with zero attached hydrogens (tertiary/aromatic N) is 1. The van der Waals surface area contributed by atoms with E-state index in [1.165, 1.54) is 0 Å². The number of carboxylic acids is 1. The fourth-order valence-corrected chi connectivity index (χ4v) is 3.70. The molecule has 0 aliphatic carbocycles. The Balaban J connectivity index is 2.05. The summed E-state index contributed by atoms with van der Waals surface area (Å²) in [6.45, 7) is 8.49. The molecule has 1 atom stereocenters. The van der Waals surface area contributed by atoms with Crippen molar-refractivity contribution in [3.05, 3.63) is 29.8 Å². The summed E-state index contributed by atoms with van der Waals surface area (Å²) in [7, 11) is 1.63. The van der Waals surface area contributed by atoms with Gasteiger partial charge in [0.2, 0.25) is 0 Å². The molecule has 0 spiro atoms. The first-order chi connectivity index (χ1) is 11.7. The van der Waals surface area contributed by atoms with Gasteiger partial charge in [-0.3, -0.25) is 4.84 Å². The summed E-state index contributed by atoms with van der Waals surface area (Å²) in [6.07, 6.45) is 3.37. The van der Waals surface area contributed by atoms with E-state index in [0.717, 1.165) is 30.6 Å². The van der Waals surface area contributed by atoms with Crippen molar-refractivity contribution >= 4 is 5.97 Å². The van der Waals surface area contributed by atoms with Crippen LogP contribution in [-0.4, -0.2) is 40.4 Å². The Morgan fingerprint density at radius 2 is 1.72 bits per heavy atom. The Bertz CT molecular complexity index is 564. The number of aliphatic carboxylic acids is 1. The third kappa shape index (κ3) is 4.95. The molecule has 1 saturated heterocycles. The van der Waals surface area contributed by atoms with E-state index in [1.807, 2.05) is 29.3 Å². The molecule has 0 saturated carbocycles. The van der Waals surface area contributed by atoms with Gasteiger partial charge >= 0.3 is 5.97 Å². The maximum atomic E-state index is 11.7. The highest BCUT2D eigenvalue weighted by Crippen LogP contribution is 2.39. The van der Waals surface area contributed by atoms with Gasteiger partial charge in [0.1, 0.15) is 5.75 Å². The van der Waals surface area contributed by atoms with Gasteiger partial charge in [0.25, 0.3) is 0 Å². The molecule has 5 heteroatoms. The molecule has 0 bridgehead atoms. The molecule has 1 aromatic carbocycles. The molecule has 0 amide bonds. The minimum absolute atomic E-state index is 0.171. The monoisotopic (exact) mass is 349 g/mol. The van der Waals surface area contributed by atoms with Crippen LogP contribution in [0.25, 0.3) is 0 Å². The average molecular weight is 349 g/mol. The van der Waals surface area contributed by atoms with Gasteiger partial charge in [0.05, 0.1) is 7.11 Å². The van der Waals surface area contributed by atoms with Gasteiger partial charge in [-0.05, 0) is 77.5 Å². The maximum absolute atomic E-state index is 11.7. The Morgan fingerprint density at radius 1 is 1.16 bits per heavy atom. The molecule has 1 fully saturated rings. The Morgan fingerprint density at radius 3 is 2.20 bits per heavy atom. The van der Waals surface area contributed by atoms with Crippen LogP contribution in [0.15, 0.2) is 24.3 Å². The maximum Gasteiger partial charge on any atom is 0.334 e. The van der Waals surface area contributed by atoms with E-state index in [0.29, 0.717) is 12.8 Å². The lowest BCUT2D eigenvalue weighted by molar-refractivity contribution is -0.302. The number of hydrogen-bond donors (Lipinski definition) is 1. The zero-order chi connectivity index (χ0) is 18.7. The van der Waals surface area contributed by atoms with E-state index in [-0.39, 0.29) is 11.1 Å². The lowest BCUT2D eigenvalue weighted by atomic mass is 9.82. The molecule has 140 valence electrons. The highest BCUT2D eigenvalue weighted by Gasteiger charge is 2.44. The zero-order valence-corrected chi connectivity index (χ0v) is 16.0. The van der Waals surface area contributed by atoms with E-state index >= 15 is 0 Å². The van der Waals surface area contributed by atoms with Gasteiger partial charge < -0.3 is 9.84 Å². The molecule has 1 heterocycles. The van der Waals surface area contributed by atoms with Crippen molar-refractivity contribution in [2.75, 3.05) is 7.11 Å². The summed E-state index contributed by atoms with van der Waals surface area (Å²) >= 11 is 0. The van der Waals surface area contributed by atoms with Gasteiger partial charge in [-0.1, -0.05) is 12.1 Å². The van der Waals surface area contributed by atoms with Crippen molar-refractivity contribution in [2.24, 2.45) is 0 Å². The Labute approximate surface area is 150 Å². The minimum atomic E-state index is -0.911. The molecule has 0 unspecified atom stereocenters. The standard InChI is InChI=1S/C20H31NO4/c1-19(2)13-6-14-20(3,4)21(19)25-17(18(22)23)12-9-15-7-10-16(24-5)11-8-15/h7-8,10-11,17H,6,9,12-14H2,1-5H3,(H,22,23)/t17-/m0/s1. The highest BCUT2D eigenvalue weighted by molar-refractivity contribution is 5.72. The largest absolute Gasteiger partial charge is 0.497 e. The SMILES string of the molecule is COc1ccc(CC[C@H](ON2C(C)(C)CCCC2(C)C)C(=O)O)cc1. The fraction of sp³-hybridized carbons (Fsp3) is 0.650. The van der Waals surface area contributed by atoms with Crippen LogP contribution in [0.5, 0.6) is 5.75 Å². The summed E-state index contributed by atoms with van der Waals surface area (Å²) in [5.41, 5.74) is 0.735. The van der Waals surface area contributed by atoms with E-state index in [2.05, 4.69) is 27.7 Å². The van der Waals surface area contributed by atoms with Crippen LogP contribution < -0.4 is 4.74 Å². The topological polar surface area (TPSA) is 59.0 Å². The van der Waals surface area contributed by atoms with Crippen molar-refractivity contribution in [3.63, 3.8) is 0 Å². The molecule has 1 aliphatic rings. The average Bonchev–Trinajstić information content (AvgIpc) is 2.53. The van der Waals surface area contributed by atoms with Gasteiger partial charge in [0, 0.05) is 11.1 Å². The summed E-state index contributed by atoms with van der Waals surface area (Å²) in [5, 5.41) is 11.6. The van der Waals surface area contributed by atoms with Crippen LogP contribution in [0.4, 0.5) is 0 Å². The summed E-state index contributed by atoms with van der Waals surface area (Å²) in [6, 6.07) is 7.71. The van der Waals surface area contributed by atoms with Gasteiger partial charge in [0.15, 0.2) is 6.10 Å². The number of hydrogen-bond acceptors (Lipinski definition) is 4. The number of ether oxygens (including phenoxy) is 1. The number of rotatable bonds is 7. The van der Waals surface area contributed by atoms with Crippen LogP contribution in [-0.2, 0) is 16.1 Å². The Hall–Kier alpha value is -1.59. The first-order valence-electron chi connectivity index (χ1n) is 8.98. The van der Waals surface area contributed by atoms with Crippen molar-refractivity contribution in [3.8, 4) is 5.75 Å². The molecule has 2 rings (SSSR count). The smallest absolute Gasteiger partial charge is 0.334 e. The molecule has 1 aromatic rings. The number of carboxylic acid groups (broad SMARTS) is 1. The van der Waals surface area contributed by atoms with Crippen LogP contribution in [0, 0.1) is 0 Å². The van der Waals surface area contributed by atoms with Crippen molar-refractivity contribution < 1.29 is 19.5 Å². The number of carbonyl (C=O) groups is 1. The molecule has 5 nitrogen and oxygen atoms in total. The van der Waals surface area contributed by atoms with Gasteiger partial charge in [-0.2, -0.15) is 5.06 Å². The van der Waals surface area contributed by atoms with Crippen molar-refractivity contribution in [1.82, 2.24) is 5.06 Å². The minimum Gasteiger partial charge on any atom is -0.497 e. The third-order valence-corrected chi connectivity index (χ3v) is 5.04. The second-order valence-corrected chi connectivity index (χ2v) is 8.09. The molecule has 1 aliphatic heterocycles. The van der Waals surface area contributed by atoms with E-state index in [1.54, 1.807) is 7.11 Å². The lowest BCUT2D eigenvalue weighted by Crippen LogP contribution is -2.59. The summed E-state index contributed by atoms with van der Waals surface area (Å²) in [4.78, 5) is 17.8. The summed E-state index contributed by atoms with van der Waals surface area (Å²) < 4.78 is 5.15. The second kappa shape index (κ2) is 7.75. The second-order valence-electron chi connectivity index (χ2n) is 8.09. The normalized spacial score (nSPS) is 20.8. The molecular weight excluding hydrogens is 318 g/mol. The lowest BCUT2D eigenvalue weighted by Gasteiger charge is -2.52. The van der Waals surface area contributed by atoms with Gasteiger partial charge in [-0.25, -0.2) is 4.79 Å². The molecular formula is C20H31NO4. The van der Waals surface area contributed by atoms with Crippen LogP contribution >= 0.6 is 0 Å². The number of aryl methyl sites for hydroxylation is 1. The predicted molar refractivity (Wildman–Crippen MR) is 97.7 cm³/mol.